The number of nitrogens with zero attached hydrogens (tertiary/aromatic N) is 2. The van der Waals surface area contributed by atoms with Crippen LogP contribution in [0.15, 0.2) is 91.1 Å². The van der Waals surface area contributed by atoms with Crippen LogP contribution in [0.2, 0.25) is 5.02 Å². The van der Waals surface area contributed by atoms with Gasteiger partial charge in [-0.1, -0.05) is 79.4 Å². The largest absolute Gasteiger partial charge is 0.489 e. The zero-order chi connectivity index (χ0) is 42.6. The maximum Gasteiger partial charge on any atom is 0.326 e. The summed E-state index contributed by atoms with van der Waals surface area (Å²) in [6, 6.07) is 24.5. The second kappa shape index (κ2) is 18.3. The number of aromatic nitrogens is 1. The lowest BCUT2D eigenvalue weighted by molar-refractivity contribution is -0.142. The zero-order valence-electron chi connectivity index (χ0n) is 34.7. The molecule has 2 aliphatic heterocycles. The molecule has 316 valence electrons. The monoisotopic (exact) mass is 842 g/mol. The molecule has 1 aromatic heterocycles. The van der Waals surface area contributed by atoms with Crippen LogP contribution in [-0.2, 0) is 35.6 Å². The molecule has 61 heavy (non-hydrogen) atoms. The van der Waals surface area contributed by atoms with Crippen molar-refractivity contribution in [3.63, 3.8) is 0 Å². The van der Waals surface area contributed by atoms with E-state index in [2.05, 4.69) is 15.6 Å². The van der Waals surface area contributed by atoms with Crippen LogP contribution in [-0.4, -0.2) is 57.6 Å². The van der Waals surface area contributed by atoms with Crippen molar-refractivity contribution in [2.24, 2.45) is 0 Å². The smallest absolute Gasteiger partial charge is 0.326 e. The number of nitrogens with one attached hydrogen (secondary N) is 2. The van der Waals surface area contributed by atoms with Gasteiger partial charge < -0.3 is 34.9 Å². The second-order valence-corrected chi connectivity index (χ2v) is 16.8. The molecule has 11 nitrogen and oxygen atoms in total. The Hall–Kier alpha value is -6.07. The number of hydrogen-bond acceptors (Lipinski definition) is 7. The highest BCUT2D eigenvalue weighted by Gasteiger charge is 2.38. The normalized spacial score (nSPS) is 17.8. The topological polar surface area (TPSA) is 139 Å². The number of carbonyl (C=O) groups is 3. The van der Waals surface area contributed by atoms with Crippen LogP contribution in [0, 0.1) is 20.8 Å². The fourth-order valence-corrected chi connectivity index (χ4v) is 8.60. The first-order chi connectivity index (χ1) is 29.5. The van der Waals surface area contributed by atoms with Gasteiger partial charge in [-0.25, -0.2) is 9.59 Å². The van der Waals surface area contributed by atoms with Crippen LogP contribution in [0.25, 0.3) is 11.1 Å². The third-order valence-corrected chi connectivity index (χ3v) is 12.6. The second-order valence-electron chi connectivity index (χ2n) is 16.4. The Balaban J connectivity index is 0.969. The third kappa shape index (κ3) is 9.62. The summed E-state index contributed by atoms with van der Waals surface area (Å²) >= 11 is 6.18. The van der Waals surface area contributed by atoms with Crippen molar-refractivity contribution in [2.45, 2.75) is 103 Å². The number of carbonyl (C=O) groups excluding carboxylic acids is 2. The van der Waals surface area contributed by atoms with Crippen molar-refractivity contribution in [2.75, 3.05) is 6.61 Å². The van der Waals surface area contributed by atoms with E-state index >= 15 is 0 Å². The summed E-state index contributed by atoms with van der Waals surface area (Å²) in [6.07, 6.45) is 6.61. The molecule has 0 saturated heterocycles. The van der Waals surface area contributed by atoms with Gasteiger partial charge in [0.15, 0.2) is 17.6 Å². The van der Waals surface area contributed by atoms with Gasteiger partial charge in [-0.3, -0.25) is 9.78 Å². The molecule has 0 radical (unpaired) electrons. The first-order valence-electron chi connectivity index (χ1n) is 21.0. The summed E-state index contributed by atoms with van der Waals surface area (Å²) in [4.78, 5) is 46.8. The lowest BCUT2D eigenvalue weighted by atomic mass is 9.92. The molecule has 4 aromatic carbocycles. The first kappa shape index (κ1) is 41.7. The maximum atomic E-state index is 14.2. The number of halogens is 1. The molecule has 3 N–H and O–H groups in total. The van der Waals surface area contributed by atoms with Crippen LogP contribution in [0.3, 0.4) is 0 Å². The minimum Gasteiger partial charge on any atom is -0.489 e. The maximum absolute atomic E-state index is 14.2. The highest BCUT2D eigenvalue weighted by atomic mass is 35.5. The number of hydrogen-bond donors (Lipinski definition) is 3. The van der Waals surface area contributed by atoms with E-state index in [1.165, 1.54) is 4.90 Å². The Kier molecular flexibility index (Phi) is 12.5. The van der Waals surface area contributed by atoms with Gasteiger partial charge in [0.05, 0.1) is 0 Å². The standard InChI is InChI=1S/C49H51ClN4O7/c1-29-21-33(11-18-41(29)50)27-59-39-16-14-35(15-17-39)46-28-60-44-24-36-23-43(54(26-37(36)25-45(44)61-46)49(58)52-38-7-5-4-6-8-38)47(55)53-42(48(56)57)22-32-9-12-34(13-10-32)40-19-20-51-31(3)30(40)2/h9-21,24-25,38,42-43,46H,4-8,22-23,26-28H2,1-3H3,(H,52,58)(H,53,55)(H,56,57). The fraction of sp³-hybridized carbons (Fsp3) is 0.347. The zero-order valence-corrected chi connectivity index (χ0v) is 35.5. The van der Waals surface area contributed by atoms with Crippen LogP contribution in [0.1, 0.15) is 82.8 Å². The SMILES string of the molecule is Cc1cc(COc2ccc(C3COc4cc5c(cc4O3)CN(C(=O)NC3CCCCC3)C(C(=O)NC(Cc3ccc(-c4ccnc(C)c4C)cc3)C(=O)O)C5)cc2)ccc1Cl. The molecule has 3 unspecified atom stereocenters. The average molecular weight is 843 g/mol. The van der Waals surface area contributed by atoms with Gasteiger partial charge >= 0.3 is 12.0 Å². The number of ether oxygens (including phenoxy) is 3. The number of carboxylic acid groups (broad SMARTS) is 1. The number of pyridine rings is 1. The molecule has 1 saturated carbocycles. The van der Waals surface area contributed by atoms with Crippen molar-refractivity contribution in [3.05, 3.63) is 141 Å². The number of rotatable bonds is 11. The molecule has 3 aliphatic rings. The highest BCUT2D eigenvalue weighted by molar-refractivity contribution is 6.31. The lowest BCUT2D eigenvalue weighted by Gasteiger charge is -2.38. The van der Waals surface area contributed by atoms with E-state index in [1.54, 1.807) is 6.20 Å². The minimum atomic E-state index is -1.21. The minimum absolute atomic E-state index is 0.0143. The molecule has 1 aliphatic carbocycles. The summed E-state index contributed by atoms with van der Waals surface area (Å²) in [6.45, 7) is 6.79. The predicted octanol–water partition coefficient (Wildman–Crippen LogP) is 9.00. The first-order valence-corrected chi connectivity index (χ1v) is 21.4. The Morgan fingerprint density at radius 1 is 0.902 bits per heavy atom. The van der Waals surface area contributed by atoms with Gasteiger partial charge in [0.1, 0.15) is 31.0 Å². The fourth-order valence-electron chi connectivity index (χ4n) is 8.49. The molecule has 5 aromatic rings. The van der Waals surface area contributed by atoms with Crippen LogP contribution in [0.4, 0.5) is 4.79 Å². The summed E-state index contributed by atoms with van der Waals surface area (Å²) in [5.74, 6) is 0.147. The molecular formula is C49H51ClN4O7. The van der Waals surface area contributed by atoms with Gasteiger partial charge in [0, 0.05) is 42.3 Å². The molecule has 0 bridgehead atoms. The van der Waals surface area contributed by atoms with Gasteiger partial charge in [-0.15, -0.1) is 0 Å². The van der Waals surface area contributed by atoms with Crippen LogP contribution in [0.5, 0.6) is 17.2 Å². The van der Waals surface area contributed by atoms with Gasteiger partial charge in [-0.05, 0) is 120 Å². The van der Waals surface area contributed by atoms with E-state index in [0.717, 1.165) is 98.6 Å². The predicted molar refractivity (Wildman–Crippen MR) is 233 cm³/mol. The highest BCUT2D eigenvalue weighted by Crippen LogP contribution is 2.41. The van der Waals surface area contributed by atoms with Crippen LogP contribution >= 0.6 is 11.6 Å². The quantitative estimate of drug-likeness (QED) is 0.120. The van der Waals surface area contributed by atoms with Crippen molar-refractivity contribution >= 4 is 29.5 Å². The summed E-state index contributed by atoms with van der Waals surface area (Å²) in [5, 5.41) is 17.0. The number of urea groups is 1. The summed E-state index contributed by atoms with van der Waals surface area (Å²) < 4.78 is 18.8. The van der Waals surface area contributed by atoms with E-state index in [0.29, 0.717) is 18.1 Å². The number of carboxylic acids is 1. The van der Waals surface area contributed by atoms with Gasteiger partial charge in [0.2, 0.25) is 5.91 Å². The van der Waals surface area contributed by atoms with Gasteiger partial charge in [-0.2, -0.15) is 0 Å². The van der Waals surface area contributed by atoms with E-state index in [9.17, 15) is 19.5 Å². The van der Waals surface area contributed by atoms with Crippen molar-refractivity contribution in [1.29, 1.82) is 0 Å². The molecule has 1 fully saturated rings. The van der Waals surface area contributed by atoms with Gasteiger partial charge in [0.25, 0.3) is 0 Å². The van der Waals surface area contributed by atoms with E-state index in [4.69, 9.17) is 25.8 Å². The van der Waals surface area contributed by atoms with Crippen LogP contribution < -0.4 is 24.8 Å². The molecule has 3 heterocycles. The van der Waals surface area contributed by atoms with Crippen molar-refractivity contribution < 1.29 is 33.7 Å². The molecule has 3 atom stereocenters. The number of aryl methyl sites for hydroxylation is 2. The molecular weight excluding hydrogens is 792 g/mol. The summed E-state index contributed by atoms with van der Waals surface area (Å²) in [5.41, 5.74) is 9.46. The Bertz CT molecular complexity index is 2420. The number of fused-ring (bicyclic) bond motifs is 2. The van der Waals surface area contributed by atoms with E-state index in [-0.39, 0.29) is 44.2 Å². The van der Waals surface area contributed by atoms with E-state index < -0.39 is 24.0 Å². The number of amides is 3. The molecule has 12 heteroatoms. The Labute approximate surface area is 361 Å². The Morgan fingerprint density at radius 3 is 2.38 bits per heavy atom. The molecule has 3 amide bonds. The third-order valence-electron chi connectivity index (χ3n) is 12.2. The average Bonchev–Trinajstić information content (AvgIpc) is 3.27. The van der Waals surface area contributed by atoms with E-state index in [1.807, 2.05) is 106 Å². The molecule has 8 rings (SSSR count). The summed E-state index contributed by atoms with van der Waals surface area (Å²) in [7, 11) is 0. The Morgan fingerprint density at radius 2 is 1.64 bits per heavy atom. The lowest BCUT2D eigenvalue weighted by Crippen LogP contribution is -2.58. The molecule has 0 spiro atoms. The van der Waals surface area contributed by atoms with Crippen molar-refractivity contribution in [1.82, 2.24) is 20.5 Å². The number of benzene rings is 4. The number of aliphatic carboxylic acids is 1. The van der Waals surface area contributed by atoms with Crippen molar-refractivity contribution in [3.8, 4) is 28.4 Å².